The van der Waals surface area contributed by atoms with Crippen LogP contribution in [-0.2, 0) is 0 Å². The number of nitrogens with one attached hydrogen (secondary N) is 1. The summed E-state index contributed by atoms with van der Waals surface area (Å²) in [5, 5.41) is 0. The summed E-state index contributed by atoms with van der Waals surface area (Å²) in [6, 6.07) is 0. The van der Waals surface area contributed by atoms with E-state index >= 15 is 0 Å². The first-order valence-corrected chi connectivity index (χ1v) is 3.08. The second-order valence-electron chi connectivity index (χ2n) is 2.33. The minimum Gasteiger partial charge on any atom is -0.298 e. The average Bonchev–Trinajstić information content (AvgIpc) is 1.97. The highest BCUT2D eigenvalue weighted by atomic mass is 19.1. The molecular weight excluding hydrogens is 152 g/mol. The zero-order chi connectivity index (χ0) is 8.59. The van der Waals surface area contributed by atoms with E-state index in [0.29, 0.717) is 0 Å². The molecular formula is C7H7F2NO. The summed E-state index contributed by atoms with van der Waals surface area (Å²) in [5.74, 6) is -1.68. The molecule has 0 saturated carbocycles. The number of hydrogen-bond donors (Lipinski definition) is 1. The quantitative estimate of drug-likeness (QED) is 0.568. The third kappa shape index (κ3) is 1.15. The normalized spacial score (nSPS) is 10.2. The van der Waals surface area contributed by atoms with Gasteiger partial charge in [0, 0.05) is 5.56 Å². The van der Waals surface area contributed by atoms with Gasteiger partial charge in [-0.3, -0.25) is 9.78 Å². The number of aromatic amines is 1. The molecule has 0 bridgehead atoms. The maximum Gasteiger partial charge on any atom is 0.255 e. The van der Waals surface area contributed by atoms with Crippen LogP contribution in [0.1, 0.15) is 11.1 Å². The SMILES string of the molecule is Cc1c(F)[nH]c(=O)c(C)c1F. The summed E-state index contributed by atoms with van der Waals surface area (Å²) in [6.45, 7) is 2.58. The monoisotopic (exact) mass is 159 g/mol. The average molecular weight is 159 g/mol. The summed E-state index contributed by atoms with van der Waals surface area (Å²) >= 11 is 0. The smallest absolute Gasteiger partial charge is 0.255 e. The highest BCUT2D eigenvalue weighted by molar-refractivity contribution is 5.19. The molecule has 4 heteroatoms. The van der Waals surface area contributed by atoms with Crippen molar-refractivity contribution >= 4 is 0 Å². The lowest BCUT2D eigenvalue weighted by Gasteiger charge is -1.99. The fourth-order valence-electron chi connectivity index (χ4n) is 0.764. The van der Waals surface area contributed by atoms with E-state index in [1.807, 2.05) is 4.98 Å². The van der Waals surface area contributed by atoms with Crippen molar-refractivity contribution < 1.29 is 8.78 Å². The first-order chi connectivity index (χ1) is 5.04. The van der Waals surface area contributed by atoms with Crippen molar-refractivity contribution in [2.24, 2.45) is 0 Å². The van der Waals surface area contributed by atoms with Crippen molar-refractivity contribution in [3.05, 3.63) is 33.2 Å². The van der Waals surface area contributed by atoms with Gasteiger partial charge in [-0.1, -0.05) is 0 Å². The van der Waals surface area contributed by atoms with Gasteiger partial charge in [0.05, 0.1) is 5.56 Å². The number of halogens is 2. The molecule has 0 spiro atoms. The molecule has 0 aliphatic carbocycles. The molecule has 1 aromatic rings. The van der Waals surface area contributed by atoms with Crippen molar-refractivity contribution in [2.45, 2.75) is 13.8 Å². The number of rotatable bonds is 0. The Kier molecular flexibility index (Phi) is 1.76. The standard InChI is InChI=1S/C7H7F2NO/c1-3-5(8)4(2)7(11)10-6(3)9/h1-2H3,(H,10,11). The number of aromatic nitrogens is 1. The van der Waals surface area contributed by atoms with Crippen LogP contribution in [0.2, 0.25) is 0 Å². The van der Waals surface area contributed by atoms with Crippen molar-refractivity contribution in [3.63, 3.8) is 0 Å². The van der Waals surface area contributed by atoms with Gasteiger partial charge in [0.1, 0.15) is 5.82 Å². The molecule has 2 nitrogen and oxygen atoms in total. The Hall–Kier alpha value is -1.19. The summed E-state index contributed by atoms with van der Waals surface area (Å²) < 4.78 is 25.3. The Morgan fingerprint density at radius 1 is 1.18 bits per heavy atom. The van der Waals surface area contributed by atoms with E-state index in [1.165, 1.54) is 13.8 Å². The molecule has 0 aromatic carbocycles. The van der Waals surface area contributed by atoms with Crippen LogP contribution in [0.5, 0.6) is 0 Å². The molecule has 0 aliphatic heterocycles. The first kappa shape index (κ1) is 7.91. The third-order valence-corrected chi connectivity index (χ3v) is 1.55. The van der Waals surface area contributed by atoms with Crippen LogP contribution in [0.3, 0.4) is 0 Å². The molecule has 1 heterocycles. The van der Waals surface area contributed by atoms with Crippen LogP contribution in [-0.4, -0.2) is 4.98 Å². The summed E-state index contributed by atoms with van der Waals surface area (Å²) in [7, 11) is 0. The Labute approximate surface area is 61.9 Å². The summed E-state index contributed by atoms with van der Waals surface area (Å²) in [6.07, 6.45) is 0. The molecule has 60 valence electrons. The van der Waals surface area contributed by atoms with Gasteiger partial charge in [-0.15, -0.1) is 0 Å². The number of H-pyrrole nitrogens is 1. The van der Waals surface area contributed by atoms with E-state index in [2.05, 4.69) is 0 Å². The van der Waals surface area contributed by atoms with Gasteiger partial charge >= 0.3 is 0 Å². The fourth-order valence-corrected chi connectivity index (χ4v) is 0.764. The highest BCUT2D eigenvalue weighted by Gasteiger charge is 2.09. The minimum absolute atomic E-state index is 0.0797. The zero-order valence-electron chi connectivity index (χ0n) is 6.16. The molecule has 0 aliphatic rings. The van der Waals surface area contributed by atoms with E-state index in [9.17, 15) is 13.6 Å². The van der Waals surface area contributed by atoms with Crippen molar-refractivity contribution in [1.29, 1.82) is 0 Å². The van der Waals surface area contributed by atoms with E-state index in [4.69, 9.17) is 0 Å². The maximum atomic E-state index is 12.8. The maximum absolute atomic E-state index is 12.8. The Morgan fingerprint density at radius 3 is 2.27 bits per heavy atom. The minimum atomic E-state index is -0.905. The second-order valence-corrected chi connectivity index (χ2v) is 2.33. The fraction of sp³-hybridized carbons (Fsp3) is 0.286. The third-order valence-electron chi connectivity index (χ3n) is 1.55. The second kappa shape index (κ2) is 2.45. The van der Waals surface area contributed by atoms with Crippen LogP contribution < -0.4 is 5.56 Å². The van der Waals surface area contributed by atoms with E-state index in [0.717, 1.165) is 0 Å². The molecule has 0 unspecified atom stereocenters. The zero-order valence-corrected chi connectivity index (χ0v) is 6.16. The molecule has 0 radical (unpaired) electrons. The van der Waals surface area contributed by atoms with E-state index in [1.54, 1.807) is 0 Å². The lowest BCUT2D eigenvalue weighted by Crippen LogP contribution is -2.15. The molecule has 11 heavy (non-hydrogen) atoms. The lowest BCUT2D eigenvalue weighted by molar-refractivity contribution is 0.527. The van der Waals surface area contributed by atoms with Gasteiger partial charge in [0.15, 0.2) is 5.95 Å². The Bertz CT molecular complexity index is 343. The largest absolute Gasteiger partial charge is 0.298 e. The van der Waals surface area contributed by atoms with Gasteiger partial charge in [0.25, 0.3) is 5.56 Å². The summed E-state index contributed by atoms with van der Waals surface area (Å²) in [5.41, 5.74) is -0.948. The van der Waals surface area contributed by atoms with Crippen molar-refractivity contribution in [1.82, 2.24) is 4.98 Å². The lowest BCUT2D eigenvalue weighted by atomic mass is 10.2. The molecule has 0 atom stereocenters. The predicted molar refractivity (Wildman–Crippen MR) is 36.5 cm³/mol. The number of pyridine rings is 1. The van der Waals surface area contributed by atoms with Gasteiger partial charge < -0.3 is 0 Å². The molecule has 1 aromatic heterocycles. The van der Waals surface area contributed by atoms with E-state index in [-0.39, 0.29) is 11.1 Å². The highest BCUT2D eigenvalue weighted by Crippen LogP contribution is 2.08. The Balaban J connectivity index is 3.59. The van der Waals surface area contributed by atoms with Crippen LogP contribution in [0.15, 0.2) is 4.79 Å². The van der Waals surface area contributed by atoms with Crippen LogP contribution in [0.4, 0.5) is 8.78 Å². The van der Waals surface area contributed by atoms with Crippen LogP contribution >= 0.6 is 0 Å². The summed E-state index contributed by atoms with van der Waals surface area (Å²) in [4.78, 5) is 12.6. The molecule has 0 saturated heterocycles. The molecule has 1 N–H and O–H groups in total. The van der Waals surface area contributed by atoms with Crippen molar-refractivity contribution in [3.8, 4) is 0 Å². The van der Waals surface area contributed by atoms with Gasteiger partial charge in [-0.25, -0.2) is 4.39 Å². The van der Waals surface area contributed by atoms with E-state index < -0.39 is 17.3 Å². The predicted octanol–water partition coefficient (Wildman–Crippen LogP) is 1.27. The molecule has 0 amide bonds. The first-order valence-electron chi connectivity index (χ1n) is 3.08. The van der Waals surface area contributed by atoms with Crippen LogP contribution in [0, 0.1) is 25.6 Å². The van der Waals surface area contributed by atoms with Crippen LogP contribution in [0.25, 0.3) is 0 Å². The van der Waals surface area contributed by atoms with Gasteiger partial charge in [0.2, 0.25) is 0 Å². The topological polar surface area (TPSA) is 32.9 Å². The molecule has 0 fully saturated rings. The Morgan fingerprint density at radius 2 is 1.73 bits per heavy atom. The van der Waals surface area contributed by atoms with Gasteiger partial charge in [-0.2, -0.15) is 4.39 Å². The molecule has 1 rings (SSSR count). The van der Waals surface area contributed by atoms with Gasteiger partial charge in [-0.05, 0) is 13.8 Å². The van der Waals surface area contributed by atoms with Crippen molar-refractivity contribution in [2.75, 3.05) is 0 Å². The number of hydrogen-bond acceptors (Lipinski definition) is 1.